The summed E-state index contributed by atoms with van der Waals surface area (Å²) in [6, 6.07) is 23.5. The zero-order chi connectivity index (χ0) is 25.4. The third kappa shape index (κ3) is 4.28. The van der Waals surface area contributed by atoms with Crippen molar-refractivity contribution >= 4 is 67.9 Å². The quantitative estimate of drug-likeness (QED) is 0.202. The molecule has 0 atom stereocenters. The Labute approximate surface area is 215 Å². The highest BCUT2D eigenvalue weighted by Gasteiger charge is 2.20. The van der Waals surface area contributed by atoms with Crippen molar-refractivity contribution in [1.82, 2.24) is 0 Å². The molecule has 8 heteroatoms. The van der Waals surface area contributed by atoms with Crippen molar-refractivity contribution in [2.24, 2.45) is 0 Å². The molecule has 178 valence electrons. The van der Waals surface area contributed by atoms with Gasteiger partial charge < -0.3 is 20.8 Å². The number of rotatable bonds is 4. The number of hydrogen-bond donors (Lipinski definition) is 4. The highest BCUT2D eigenvalue weighted by atomic mass is 35.5. The van der Waals surface area contributed by atoms with E-state index in [2.05, 4.69) is 10.6 Å². The maximum absolute atomic E-state index is 13.1. The van der Waals surface area contributed by atoms with Crippen LogP contribution < -0.4 is 10.6 Å². The number of benzene rings is 5. The van der Waals surface area contributed by atoms with Crippen LogP contribution in [0.1, 0.15) is 20.7 Å². The van der Waals surface area contributed by atoms with E-state index in [4.69, 9.17) is 23.2 Å². The Bertz CT molecular complexity index is 1560. The van der Waals surface area contributed by atoms with Crippen LogP contribution in [0.5, 0.6) is 11.5 Å². The summed E-state index contributed by atoms with van der Waals surface area (Å²) in [6.07, 6.45) is 0. The summed E-state index contributed by atoms with van der Waals surface area (Å²) >= 11 is 12.8. The first-order valence-corrected chi connectivity index (χ1v) is 11.6. The van der Waals surface area contributed by atoms with E-state index in [1.807, 2.05) is 24.3 Å². The number of fused-ring (bicyclic) bond motifs is 2. The monoisotopic (exact) mass is 516 g/mol. The van der Waals surface area contributed by atoms with Crippen LogP contribution in [0.15, 0.2) is 84.9 Å². The number of halogens is 2. The zero-order valence-corrected chi connectivity index (χ0v) is 20.1. The molecule has 0 aliphatic heterocycles. The van der Waals surface area contributed by atoms with Gasteiger partial charge in [-0.05, 0) is 45.8 Å². The van der Waals surface area contributed by atoms with Crippen LogP contribution in [0.4, 0.5) is 11.4 Å². The van der Waals surface area contributed by atoms with Crippen molar-refractivity contribution < 1.29 is 19.8 Å². The average molecular weight is 517 g/mol. The van der Waals surface area contributed by atoms with E-state index in [1.54, 1.807) is 36.4 Å². The van der Waals surface area contributed by atoms with E-state index in [1.165, 1.54) is 24.3 Å². The van der Waals surface area contributed by atoms with Gasteiger partial charge in [-0.2, -0.15) is 0 Å². The molecule has 0 aliphatic carbocycles. The van der Waals surface area contributed by atoms with Gasteiger partial charge in [-0.25, -0.2) is 0 Å². The molecule has 0 fully saturated rings. The number of anilines is 2. The molecule has 0 aromatic heterocycles. The molecule has 5 aromatic rings. The highest BCUT2D eigenvalue weighted by molar-refractivity contribution is 6.38. The highest BCUT2D eigenvalue weighted by Crippen LogP contribution is 2.36. The Morgan fingerprint density at radius 3 is 1.39 bits per heavy atom. The summed E-state index contributed by atoms with van der Waals surface area (Å²) in [6.45, 7) is 0. The van der Waals surface area contributed by atoms with Gasteiger partial charge in [-0.3, -0.25) is 9.59 Å². The molecule has 2 amide bonds. The first-order valence-electron chi connectivity index (χ1n) is 10.9. The smallest absolute Gasteiger partial charge is 0.260 e. The standard InChI is InChI=1S/C28H18Cl2N2O4/c29-19-14-22(32-28(36)26-18-8-4-2-6-16(18)10-12-24(26)34)20(30)13-21(19)31-27(35)25-17-7-3-1-5-15(17)9-11-23(25)33/h1-14,33-34H,(H,31,35)(H,32,36). The molecule has 6 nitrogen and oxygen atoms in total. The first kappa shape index (κ1) is 23.5. The largest absolute Gasteiger partial charge is 0.507 e. The molecule has 0 heterocycles. The molecule has 0 bridgehead atoms. The van der Waals surface area contributed by atoms with Gasteiger partial charge in [0, 0.05) is 0 Å². The predicted molar refractivity (Wildman–Crippen MR) is 144 cm³/mol. The number of carbonyl (C=O) groups is 2. The molecule has 5 rings (SSSR count). The molecular formula is C28H18Cl2N2O4. The van der Waals surface area contributed by atoms with E-state index in [9.17, 15) is 19.8 Å². The Hall–Kier alpha value is -4.26. The summed E-state index contributed by atoms with van der Waals surface area (Å²) < 4.78 is 0. The lowest BCUT2D eigenvalue weighted by Gasteiger charge is -2.14. The van der Waals surface area contributed by atoms with E-state index in [0.29, 0.717) is 10.8 Å². The van der Waals surface area contributed by atoms with E-state index >= 15 is 0 Å². The molecule has 0 spiro atoms. The van der Waals surface area contributed by atoms with E-state index in [-0.39, 0.29) is 44.0 Å². The van der Waals surface area contributed by atoms with Gasteiger partial charge in [0.2, 0.25) is 0 Å². The molecule has 0 aliphatic rings. The normalized spacial score (nSPS) is 10.9. The number of phenols is 2. The second-order valence-electron chi connectivity index (χ2n) is 8.08. The molecule has 4 N–H and O–H groups in total. The minimum Gasteiger partial charge on any atom is -0.507 e. The summed E-state index contributed by atoms with van der Waals surface area (Å²) in [4.78, 5) is 26.1. The van der Waals surface area contributed by atoms with Gasteiger partial charge in [-0.1, -0.05) is 83.9 Å². The van der Waals surface area contributed by atoms with Crippen molar-refractivity contribution in [3.05, 3.63) is 106 Å². The average Bonchev–Trinajstić information content (AvgIpc) is 2.86. The summed E-state index contributed by atoms with van der Waals surface area (Å²) in [5.74, 6) is -1.49. The Morgan fingerprint density at radius 1 is 0.583 bits per heavy atom. The molecule has 0 radical (unpaired) electrons. The van der Waals surface area contributed by atoms with Crippen molar-refractivity contribution in [3.63, 3.8) is 0 Å². The van der Waals surface area contributed by atoms with Crippen LogP contribution in [-0.2, 0) is 0 Å². The molecule has 36 heavy (non-hydrogen) atoms. The van der Waals surface area contributed by atoms with Crippen LogP contribution in [0.2, 0.25) is 10.0 Å². The van der Waals surface area contributed by atoms with Crippen LogP contribution in [0, 0.1) is 0 Å². The van der Waals surface area contributed by atoms with Gasteiger partial charge in [-0.15, -0.1) is 0 Å². The van der Waals surface area contributed by atoms with Crippen molar-refractivity contribution in [2.75, 3.05) is 10.6 Å². The van der Waals surface area contributed by atoms with Crippen LogP contribution in [-0.4, -0.2) is 22.0 Å². The maximum atomic E-state index is 13.1. The number of aromatic hydroxyl groups is 2. The van der Waals surface area contributed by atoms with Gasteiger partial charge in [0.15, 0.2) is 0 Å². The fourth-order valence-electron chi connectivity index (χ4n) is 4.11. The van der Waals surface area contributed by atoms with Crippen LogP contribution in [0.3, 0.4) is 0 Å². The molecule has 5 aromatic carbocycles. The van der Waals surface area contributed by atoms with Gasteiger partial charge in [0.1, 0.15) is 11.5 Å². The fraction of sp³-hybridized carbons (Fsp3) is 0. The Morgan fingerprint density at radius 2 is 0.972 bits per heavy atom. The van der Waals surface area contributed by atoms with Crippen LogP contribution >= 0.6 is 23.2 Å². The lowest BCUT2D eigenvalue weighted by molar-refractivity contribution is 0.101. The topological polar surface area (TPSA) is 98.7 Å². The van der Waals surface area contributed by atoms with Gasteiger partial charge >= 0.3 is 0 Å². The third-order valence-electron chi connectivity index (χ3n) is 5.82. The Balaban J connectivity index is 1.44. The fourth-order valence-corrected chi connectivity index (χ4v) is 4.53. The lowest BCUT2D eigenvalue weighted by atomic mass is 10.0. The molecule has 0 saturated heterocycles. The summed E-state index contributed by atoms with van der Waals surface area (Å²) in [5, 5.41) is 29.0. The number of hydrogen-bond acceptors (Lipinski definition) is 4. The molecule has 0 unspecified atom stereocenters. The zero-order valence-electron chi connectivity index (χ0n) is 18.5. The van der Waals surface area contributed by atoms with Gasteiger partial charge in [0.05, 0.1) is 32.5 Å². The van der Waals surface area contributed by atoms with Crippen LogP contribution in [0.25, 0.3) is 21.5 Å². The van der Waals surface area contributed by atoms with Crippen molar-refractivity contribution in [1.29, 1.82) is 0 Å². The van der Waals surface area contributed by atoms with Crippen molar-refractivity contribution in [3.8, 4) is 11.5 Å². The minimum absolute atomic E-state index is 0.101. The van der Waals surface area contributed by atoms with Crippen molar-refractivity contribution in [2.45, 2.75) is 0 Å². The molecular weight excluding hydrogens is 499 g/mol. The minimum atomic E-state index is -0.570. The number of carbonyl (C=O) groups excluding carboxylic acids is 2. The second-order valence-corrected chi connectivity index (χ2v) is 8.90. The summed E-state index contributed by atoms with van der Waals surface area (Å²) in [5.41, 5.74) is 0.600. The number of nitrogens with one attached hydrogen (secondary N) is 2. The summed E-state index contributed by atoms with van der Waals surface area (Å²) in [7, 11) is 0. The SMILES string of the molecule is O=C(Nc1cc(Cl)c(NC(=O)c2c(O)ccc3ccccc23)cc1Cl)c1c(O)ccc2ccccc12. The van der Waals surface area contributed by atoms with Gasteiger partial charge in [0.25, 0.3) is 11.8 Å². The van der Waals surface area contributed by atoms with E-state index in [0.717, 1.165) is 10.8 Å². The number of amides is 2. The number of phenolic OH excluding ortho intramolecular Hbond substituents is 2. The lowest BCUT2D eigenvalue weighted by Crippen LogP contribution is -2.15. The maximum Gasteiger partial charge on any atom is 0.260 e. The second kappa shape index (κ2) is 9.41. The molecule has 0 saturated carbocycles. The predicted octanol–water partition coefficient (Wildman–Crippen LogP) is 7.22. The third-order valence-corrected chi connectivity index (χ3v) is 6.45. The van der Waals surface area contributed by atoms with E-state index < -0.39 is 11.8 Å². The first-order chi connectivity index (χ1) is 17.3. The Kier molecular flexibility index (Phi) is 6.14.